The minimum atomic E-state index is -4.96. The number of aliphatic hydroxyl groups excluding tert-OH is 2. The molecular weight excluding hydrogens is 1760 g/mol. The Labute approximate surface area is 741 Å². The summed E-state index contributed by atoms with van der Waals surface area (Å²) < 4.78 is 32.7. The quantitative estimate of drug-likeness (QED) is 0.0188. The van der Waals surface area contributed by atoms with E-state index in [1.165, 1.54) is 86.3 Å². The number of nitrogens with one attached hydrogen (secondary N) is 12. The Kier molecular flexibility index (Phi) is 41.5. The van der Waals surface area contributed by atoms with E-state index >= 15 is 9.59 Å². The molecule has 0 bridgehead atoms. The number of nitrogens with two attached hydrogens (primary N) is 2. The van der Waals surface area contributed by atoms with Crippen LogP contribution >= 0.6 is 34.8 Å². The van der Waals surface area contributed by atoms with E-state index in [0.717, 1.165) is 38.1 Å². The molecule has 0 spiro atoms. The topological polar surface area (TPSA) is 701 Å². The van der Waals surface area contributed by atoms with Crippen LogP contribution in [-0.4, -0.2) is 270 Å². The van der Waals surface area contributed by atoms with Gasteiger partial charge in [-0.2, -0.15) is 8.42 Å². The number of amides is 14. The molecule has 1 aliphatic heterocycles. The second kappa shape index (κ2) is 50.1. The van der Waals surface area contributed by atoms with Crippen molar-refractivity contribution in [3.63, 3.8) is 0 Å². The van der Waals surface area contributed by atoms with Crippen LogP contribution in [0, 0.1) is 5.92 Å². The SMILES string of the molecule is CC(C)[C@H](NC(=O)[C@H](CCC(=O)O)NC(=O)[C@@H](N)CCC(=O)O)C(=O)N[C@H](C(=O)N[C@H](C(=O)N[C@@H](Cc1ccccc1)C(=O)N[C@@H](Cc1ccccc1)C(=O)N[C@@H](CC(=O)O)C(=O)N[C@@H](Cc1ccc(OS(=O)(=O)OCC(Cl)(Cl)Cl)cc1)C(=O)N[C@@H](CC(=O)O)C(=O)N[C@@H](Cc1ccc(O)cc1)C(=O)NCC(=O)N[C@@H](C)C(=O)N1CCC[C@H]1C(N)=O)C(C)O)C(C)O. The van der Waals surface area contributed by atoms with Crippen molar-refractivity contribution in [2.24, 2.45) is 17.4 Å². The zero-order valence-electron chi connectivity index (χ0n) is 69.0. The number of hydrogen-bond acceptors (Lipinski definition) is 26. The maximum Gasteiger partial charge on any atom is 0.449 e. The number of aliphatic carboxylic acids is 4. The molecular formula is C79H102Cl3N15O29S. The molecule has 44 nitrogen and oxygen atoms in total. The van der Waals surface area contributed by atoms with E-state index in [4.69, 9.17) is 55.6 Å². The minimum absolute atomic E-state index is 0.0294. The summed E-state index contributed by atoms with van der Waals surface area (Å²) in [4.78, 5) is 246. The molecule has 48 heteroatoms. The van der Waals surface area contributed by atoms with E-state index in [-0.39, 0.29) is 36.3 Å². The molecule has 1 heterocycles. The van der Waals surface area contributed by atoms with Crippen LogP contribution in [0.5, 0.6) is 11.5 Å². The van der Waals surface area contributed by atoms with Crippen molar-refractivity contribution in [1.82, 2.24) is 68.7 Å². The van der Waals surface area contributed by atoms with Crippen LogP contribution in [-0.2, 0) is 127 Å². The van der Waals surface area contributed by atoms with Gasteiger partial charge in [0.25, 0.3) is 0 Å². The monoisotopic (exact) mass is 1860 g/mol. The molecule has 1 saturated heterocycles. The van der Waals surface area contributed by atoms with Gasteiger partial charge >= 0.3 is 34.3 Å². The van der Waals surface area contributed by atoms with Crippen molar-refractivity contribution in [3.05, 3.63) is 131 Å². The molecule has 5 rings (SSSR count). The number of phenolic OH excluding ortho intramolecular Hbond substituents is 1. The summed E-state index contributed by atoms with van der Waals surface area (Å²) in [6.07, 6.45) is -9.97. The summed E-state index contributed by atoms with van der Waals surface area (Å²) in [5.74, 6) is -24.3. The standard InChI is InChI=1S/C79H102Cl3N15O29S/c1-39(2)63(94-69(113)50(27-29-60(104)105)87-67(111)49(83)26-28-59(102)103)75(119)95-65(42(5)99)77(121)96-64(41(4)98)76(120)93-54(32-44-15-10-7-11-16-44)72(116)89-52(31-43-13-8-6-9-14-43)70(114)92-56(36-62(108)109)74(118)90-53(34-46-20-24-48(25-21-46)126-127(123,124)125-38-79(80,81)82)71(115)91-55(35-61(106)107)73(117)88-51(33-45-18-22-47(100)23-19-45)68(112)85-37-58(101)86-40(3)78(122)97-30-12-17-57(97)66(84)110/h6-11,13-16,18-25,39-42,49-57,63-65,98-100H,12,17,26-38,83H2,1-5H3,(H2,84,110)(H,85,112)(H,86,101)(H,87,111)(H,88,117)(H,89,116)(H,90,118)(H,91,115)(H,92,114)(H,93,120)(H,94,113)(H,95,119)(H,96,121)(H,102,103)(H,104,105)(H,106,107)(H,108,109)/t40-,41?,42?,49-,50-,51-,52-,53-,54-,55-,56-,57-,63-,64-,65-/m0/s1. The Morgan fingerprint density at radius 2 is 0.835 bits per heavy atom. The number of rotatable bonds is 51. The molecule has 694 valence electrons. The van der Waals surface area contributed by atoms with E-state index in [1.54, 1.807) is 24.3 Å². The summed E-state index contributed by atoms with van der Waals surface area (Å²) in [7, 11) is -4.96. The van der Waals surface area contributed by atoms with Crippen molar-refractivity contribution in [2.75, 3.05) is 19.7 Å². The van der Waals surface area contributed by atoms with Crippen LogP contribution in [0.15, 0.2) is 109 Å². The number of aliphatic hydroxyl groups is 2. The number of carboxylic acid groups (broad SMARTS) is 4. The number of nitrogens with zero attached hydrogens (tertiary/aromatic N) is 1. The van der Waals surface area contributed by atoms with Gasteiger partial charge in [0, 0.05) is 45.1 Å². The molecule has 0 aliphatic carbocycles. The number of hydrogen-bond donors (Lipinski definition) is 21. The molecule has 127 heavy (non-hydrogen) atoms. The normalized spacial score (nSPS) is 15.9. The predicted octanol–water partition coefficient (Wildman–Crippen LogP) is -3.96. The minimum Gasteiger partial charge on any atom is -0.508 e. The first kappa shape index (κ1) is 105. The first-order valence-corrected chi connectivity index (χ1v) is 41.8. The highest BCUT2D eigenvalue weighted by atomic mass is 35.6. The zero-order valence-corrected chi connectivity index (χ0v) is 72.1. The molecule has 0 saturated carbocycles. The van der Waals surface area contributed by atoms with Crippen LogP contribution in [0.2, 0.25) is 0 Å². The van der Waals surface area contributed by atoms with Gasteiger partial charge in [0.15, 0.2) is 0 Å². The molecule has 15 atom stereocenters. The van der Waals surface area contributed by atoms with Crippen molar-refractivity contribution >= 4 is 152 Å². The van der Waals surface area contributed by atoms with Crippen molar-refractivity contribution in [3.8, 4) is 11.5 Å². The zero-order chi connectivity index (χ0) is 94.9. The van der Waals surface area contributed by atoms with E-state index in [0.29, 0.717) is 17.5 Å². The highest BCUT2D eigenvalue weighted by Crippen LogP contribution is 2.28. The van der Waals surface area contributed by atoms with Gasteiger partial charge in [-0.25, -0.2) is 4.18 Å². The fraction of sp³-hybridized carbons (Fsp3) is 0.468. The fourth-order valence-corrected chi connectivity index (χ4v) is 13.6. The van der Waals surface area contributed by atoms with Crippen LogP contribution < -0.4 is 79.5 Å². The molecule has 2 unspecified atom stereocenters. The summed E-state index contributed by atoms with van der Waals surface area (Å²) in [5, 5.41) is 99.0. The van der Waals surface area contributed by atoms with Crippen LogP contribution in [0.1, 0.15) is 108 Å². The van der Waals surface area contributed by atoms with Crippen molar-refractivity contribution < 1.29 is 139 Å². The van der Waals surface area contributed by atoms with Gasteiger partial charge in [0.05, 0.1) is 37.6 Å². The number of alkyl halides is 3. The molecule has 0 aromatic heterocycles. The number of carbonyl (C=O) groups is 18. The number of phenols is 1. The molecule has 23 N–H and O–H groups in total. The number of aromatic hydroxyl groups is 1. The summed E-state index contributed by atoms with van der Waals surface area (Å²) in [6.45, 7) is 4.51. The Bertz CT molecular complexity index is 4690. The van der Waals surface area contributed by atoms with Crippen LogP contribution in [0.25, 0.3) is 0 Å². The van der Waals surface area contributed by atoms with Crippen molar-refractivity contribution in [1.29, 1.82) is 0 Å². The highest BCUT2D eigenvalue weighted by molar-refractivity contribution is 7.82. The third-order valence-electron chi connectivity index (χ3n) is 19.1. The highest BCUT2D eigenvalue weighted by Gasteiger charge is 2.42. The van der Waals surface area contributed by atoms with Crippen LogP contribution in [0.4, 0.5) is 0 Å². The average Bonchev–Trinajstić information content (AvgIpc) is 1.26. The second-order valence-corrected chi connectivity index (χ2v) is 33.6. The summed E-state index contributed by atoms with van der Waals surface area (Å²) in [6, 6.07) is 1.46. The number of primary amides is 1. The van der Waals surface area contributed by atoms with E-state index in [2.05, 4.69) is 68.0 Å². The van der Waals surface area contributed by atoms with Gasteiger partial charge in [-0.3, -0.25) is 86.3 Å². The van der Waals surface area contributed by atoms with E-state index in [9.17, 15) is 116 Å². The molecule has 14 amide bonds. The average molecular weight is 1860 g/mol. The lowest BCUT2D eigenvalue weighted by Gasteiger charge is -2.30. The lowest BCUT2D eigenvalue weighted by molar-refractivity contribution is -0.142. The van der Waals surface area contributed by atoms with E-state index < -0.39 is 294 Å². The Morgan fingerprint density at radius 3 is 1.25 bits per heavy atom. The summed E-state index contributed by atoms with van der Waals surface area (Å²) >= 11 is 16.9. The van der Waals surface area contributed by atoms with Gasteiger partial charge in [0.2, 0.25) is 86.5 Å². The smallest absolute Gasteiger partial charge is 0.449 e. The molecule has 1 aliphatic rings. The number of carboxylic acids is 4. The first-order chi connectivity index (χ1) is 59.5. The van der Waals surface area contributed by atoms with Gasteiger partial charge in [0.1, 0.15) is 90.6 Å². The number of carbonyl (C=O) groups excluding carboxylic acids is 14. The number of halogens is 3. The molecule has 0 radical (unpaired) electrons. The third-order valence-corrected chi connectivity index (χ3v) is 20.2. The Morgan fingerprint density at radius 1 is 0.465 bits per heavy atom. The number of benzene rings is 4. The van der Waals surface area contributed by atoms with Gasteiger partial charge in [-0.05, 0) is 98.9 Å². The Hall–Kier alpha value is -12.4. The lowest BCUT2D eigenvalue weighted by atomic mass is 10.0. The first-order valence-electron chi connectivity index (χ1n) is 39.3. The van der Waals surface area contributed by atoms with Crippen LogP contribution in [0.3, 0.4) is 0 Å². The van der Waals surface area contributed by atoms with Gasteiger partial charge in [-0.1, -0.05) is 134 Å². The lowest BCUT2D eigenvalue weighted by Crippen LogP contribution is -2.64. The van der Waals surface area contributed by atoms with E-state index in [1.807, 2.05) is 0 Å². The third kappa shape index (κ3) is 36.6. The van der Waals surface area contributed by atoms with Gasteiger partial charge in [-0.15, -0.1) is 0 Å². The maximum atomic E-state index is 15.0. The Balaban J connectivity index is 1.47. The maximum absolute atomic E-state index is 15.0. The summed E-state index contributed by atoms with van der Waals surface area (Å²) in [5.41, 5.74) is 12.1. The largest absolute Gasteiger partial charge is 0.508 e. The second-order valence-electron chi connectivity index (χ2n) is 29.8. The van der Waals surface area contributed by atoms with Gasteiger partial charge < -0.3 is 120 Å². The molecule has 4 aromatic carbocycles. The number of likely N-dealkylation sites (tertiary alicyclic amines) is 1. The van der Waals surface area contributed by atoms with Crippen molar-refractivity contribution in [2.45, 2.75) is 206 Å². The molecule has 4 aromatic rings. The molecule has 1 fully saturated rings. The predicted molar refractivity (Wildman–Crippen MR) is 446 cm³/mol. The fourth-order valence-electron chi connectivity index (χ4n) is 12.5.